The second-order valence-corrected chi connectivity index (χ2v) is 9.86. The molecule has 5 rings (SSSR count). The van der Waals surface area contributed by atoms with Crippen LogP contribution in [-0.2, 0) is 13.6 Å². The molecule has 5 heterocycles. The van der Waals surface area contributed by atoms with Crippen molar-refractivity contribution in [2.75, 3.05) is 22.9 Å². The summed E-state index contributed by atoms with van der Waals surface area (Å²) in [6.07, 6.45) is 2.77. The first-order chi connectivity index (χ1) is 14.7. The summed E-state index contributed by atoms with van der Waals surface area (Å²) in [4.78, 5) is 26.5. The van der Waals surface area contributed by atoms with Gasteiger partial charge in [0.25, 0.3) is 0 Å². The molecule has 2 atom stereocenters. The van der Waals surface area contributed by atoms with E-state index < -0.39 is 0 Å². The number of nitrogens with zero attached hydrogens (tertiary/aromatic N) is 7. The Morgan fingerprint density at radius 3 is 2.58 bits per heavy atom. The minimum absolute atomic E-state index is 0.00666. The summed E-state index contributed by atoms with van der Waals surface area (Å²) in [5, 5.41) is 9.15. The van der Waals surface area contributed by atoms with Crippen molar-refractivity contribution in [2.24, 2.45) is 12.5 Å². The lowest BCUT2D eigenvalue weighted by Crippen LogP contribution is -2.46. The maximum absolute atomic E-state index is 12.8. The van der Waals surface area contributed by atoms with E-state index in [2.05, 4.69) is 41.6 Å². The molecule has 0 N–H and O–H groups in total. The number of piperazine rings is 1. The molecule has 8 nitrogen and oxygen atoms in total. The van der Waals surface area contributed by atoms with Gasteiger partial charge in [-0.2, -0.15) is 5.26 Å². The van der Waals surface area contributed by atoms with Crippen LogP contribution in [0.2, 0.25) is 0 Å². The Morgan fingerprint density at radius 1 is 1.16 bits per heavy atom. The molecule has 0 saturated carbocycles. The van der Waals surface area contributed by atoms with Crippen molar-refractivity contribution in [3.63, 3.8) is 0 Å². The number of aryl methyl sites for hydroxylation is 1. The van der Waals surface area contributed by atoms with Crippen LogP contribution >= 0.6 is 0 Å². The van der Waals surface area contributed by atoms with E-state index in [-0.39, 0.29) is 11.1 Å². The Bertz CT molecular complexity index is 1260. The summed E-state index contributed by atoms with van der Waals surface area (Å²) < 4.78 is 3.49. The first-order valence-electron chi connectivity index (χ1n) is 10.7. The second kappa shape index (κ2) is 6.84. The highest BCUT2D eigenvalue weighted by Crippen LogP contribution is 2.37. The molecule has 2 aliphatic heterocycles. The van der Waals surface area contributed by atoms with E-state index in [4.69, 9.17) is 10.2 Å². The number of hydrogen-bond acceptors (Lipinski definition) is 6. The lowest BCUT2D eigenvalue weighted by atomic mass is 9.97. The molecule has 0 radical (unpaired) electrons. The van der Waals surface area contributed by atoms with Crippen LogP contribution in [0.4, 0.5) is 11.5 Å². The first kappa shape index (κ1) is 19.6. The Morgan fingerprint density at radius 2 is 1.90 bits per heavy atom. The molecule has 2 saturated heterocycles. The zero-order chi connectivity index (χ0) is 21.9. The van der Waals surface area contributed by atoms with Gasteiger partial charge in [-0.05, 0) is 36.1 Å². The van der Waals surface area contributed by atoms with E-state index in [1.165, 1.54) is 0 Å². The standard InChI is InChI=1S/C23H27N7O/c1-23(2,3)14-30-19-5-6-20(26-21(19)27(4)22(30)31)29-13-17-10-18(29)12-28(17)16-7-8-25-15(9-16)11-24/h5-9,17-18H,10,12-14H2,1-4H3. The normalized spacial score (nSPS) is 20.6. The number of imidazole rings is 1. The molecular weight excluding hydrogens is 390 g/mol. The first-order valence-corrected chi connectivity index (χ1v) is 10.7. The quantitative estimate of drug-likeness (QED) is 0.651. The maximum Gasteiger partial charge on any atom is 0.330 e. The van der Waals surface area contributed by atoms with Crippen molar-refractivity contribution in [1.82, 2.24) is 19.1 Å². The van der Waals surface area contributed by atoms with Crippen LogP contribution in [0.5, 0.6) is 0 Å². The molecule has 3 aromatic rings. The number of pyridine rings is 2. The van der Waals surface area contributed by atoms with Gasteiger partial charge < -0.3 is 9.80 Å². The van der Waals surface area contributed by atoms with Crippen molar-refractivity contribution in [3.05, 3.63) is 46.6 Å². The third kappa shape index (κ3) is 3.25. The highest BCUT2D eigenvalue weighted by Gasteiger charge is 2.44. The average Bonchev–Trinajstić information content (AvgIpc) is 3.42. The minimum atomic E-state index is -0.0188. The van der Waals surface area contributed by atoms with Gasteiger partial charge in [0.05, 0.1) is 11.6 Å². The van der Waals surface area contributed by atoms with E-state index in [1.54, 1.807) is 17.8 Å². The molecule has 0 aliphatic carbocycles. The number of rotatable bonds is 3. The van der Waals surface area contributed by atoms with Crippen LogP contribution in [0.15, 0.2) is 35.3 Å². The Labute approximate surface area is 181 Å². The Hall–Kier alpha value is -3.34. The van der Waals surface area contributed by atoms with Crippen molar-refractivity contribution < 1.29 is 0 Å². The smallest absolute Gasteiger partial charge is 0.330 e. The van der Waals surface area contributed by atoms with Gasteiger partial charge in [0.1, 0.15) is 17.6 Å². The van der Waals surface area contributed by atoms with Gasteiger partial charge in [-0.3, -0.25) is 9.13 Å². The fourth-order valence-corrected chi connectivity index (χ4v) is 4.97. The fourth-order valence-electron chi connectivity index (χ4n) is 4.97. The van der Waals surface area contributed by atoms with Crippen molar-refractivity contribution in [2.45, 2.75) is 45.8 Å². The van der Waals surface area contributed by atoms with Crippen LogP contribution in [0, 0.1) is 16.7 Å². The van der Waals surface area contributed by atoms with Crippen molar-refractivity contribution >= 4 is 22.7 Å². The van der Waals surface area contributed by atoms with Crippen LogP contribution in [0.3, 0.4) is 0 Å². The van der Waals surface area contributed by atoms with Crippen molar-refractivity contribution in [3.8, 4) is 6.07 Å². The fraction of sp³-hybridized carbons (Fsp3) is 0.478. The monoisotopic (exact) mass is 417 g/mol. The lowest BCUT2D eigenvalue weighted by molar-refractivity contribution is 0.342. The van der Waals surface area contributed by atoms with Crippen LogP contribution in [0.25, 0.3) is 11.2 Å². The molecule has 8 heteroatoms. The number of hydrogen-bond donors (Lipinski definition) is 0. The highest BCUT2D eigenvalue weighted by atomic mass is 16.1. The molecule has 0 spiro atoms. The largest absolute Gasteiger partial charge is 0.364 e. The molecule has 2 fully saturated rings. The number of aromatic nitrogens is 4. The predicted molar refractivity (Wildman–Crippen MR) is 120 cm³/mol. The molecule has 2 bridgehead atoms. The molecule has 31 heavy (non-hydrogen) atoms. The van der Waals surface area contributed by atoms with Crippen molar-refractivity contribution in [1.29, 1.82) is 5.26 Å². The third-order valence-corrected chi connectivity index (χ3v) is 6.32. The summed E-state index contributed by atoms with van der Waals surface area (Å²) in [5.41, 5.74) is 3.12. The summed E-state index contributed by atoms with van der Waals surface area (Å²) in [7, 11) is 1.80. The van der Waals surface area contributed by atoms with Gasteiger partial charge in [-0.1, -0.05) is 20.8 Å². The Kier molecular flexibility index (Phi) is 4.33. The lowest BCUT2D eigenvalue weighted by Gasteiger charge is -2.36. The predicted octanol–water partition coefficient (Wildman–Crippen LogP) is 2.52. The summed E-state index contributed by atoms with van der Waals surface area (Å²) in [6, 6.07) is 10.8. The van der Waals surface area contributed by atoms with Gasteiger partial charge in [0.2, 0.25) is 0 Å². The van der Waals surface area contributed by atoms with E-state index >= 15 is 0 Å². The average molecular weight is 418 g/mol. The van der Waals surface area contributed by atoms with Gasteiger partial charge in [0, 0.05) is 44.6 Å². The highest BCUT2D eigenvalue weighted by molar-refractivity contribution is 5.74. The number of anilines is 2. The summed E-state index contributed by atoms with van der Waals surface area (Å²) in [5.74, 6) is 0.926. The molecule has 3 aromatic heterocycles. The van der Waals surface area contributed by atoms with E-state index in [0.717, 1.165) is 42.2 Å². The van der Waals surface area contributed by atoms with Gasteiger partial charge in [-0.25, -0.2) is 14.8 Å². The zero-order valence-corrected chi connectivity index (χ0v) is 18.4. The van der Waals surface area contributed by atoms with Gasteiger partial charge >= 0.3 is 5.69 Å². The summed E-state index contributed by atoms with van der Waals surface area (Å²) in [6.45, 7) is 8.83. The van der Waals surface area contributed by atoms with Crippen LogP contribution in [0.1, 0.15) is 32.9 Å². The van der Waals surface area contributed by atoms with E-state index in [9.17, 15) is 4.79 Å². The van der Waals surface area contributed by atoms with Crippen LogP contribution < -0.4 is 15.5 Å². The van der Waals surface area contributed by atoms with Gasteiger partial charge in [-0.15, -0.1) is 0 Å². The summed E-state index contributed by atoms with van der Waals surface area (Å²) >= 11 is 0. The van der Waals surface area contributed by atoms with E-state index in [1.807, 2.05) is 28.8 Å². The third-order valence-electron chi connectivity index (χ3n) is 6.32. The molecule has 0 aromatic carbocycles. The minimum Gasteiger partial charge on any atom is -0.364 e. The molecular formula is C23H27N7O. The Balaban J connectivity index is 1.43. The molecule has 2 unspecified atom stereocenters. The molecule has 0 amide bonds. The number of nitriles is 1. The second-order valence-electron chi connectivity index (χ2n) is 9.86. The zero-order valence-electron chi connectivity index (χ0n) is 18.4. The SMILES string of the molecule is Cn1c(=O)n(CC(C)(C)C)c2ccc(N3CC4CC3CN4c3ccnc(C#N)c3)nc21. The molecule has 160 valence electrons. The maximum atomic E-state index is 12.8. The topological polar surface area (TPSA) is 83.0 Å². The van der Waals surface area contributed by atoms with E-state index in [0.29, 0.717) is 24.3 Å². The van der Waals surface area contributed by atoms with Crippen LogP contribution in [-0.4, -0.2) is 44.3 Å². The molecule has 2 aliphatic rings. The number of fused-ring (bicyclic) bond motifs is 3. The van der Waals surface area contributed by atoms with Gasteiger partial charge in [0.15, 0.2) is 5.65 Å².